The number of nitrogens with one attached hydrogen (secondary N) is 2. The fourth-order valence-electron chi connectivity index (χ4n) is 3.71. The second-order valence-corrected chi connectivity index (χ2v) is 7.53. The summed E-state index contributed by atoms with van der Waals surface area (Å²) in [6.45, 7) is 3.07. The van der Waals surface area contributed by atoms with Gasteiger partial charge in [-0.25, -0.2) is 5.01 Å². The van der Waals surface area contributed by atoms with Crippen LogP contribution in [-0.4, -0.2) is 55.0 Å². The molecule has 1 aromatic carbocycles. The lowest BCUT2D eigenvalue weighted by molar-refractivity contribution is -0.274. The number of likely N-dealkylation sites (tertiary alicyclic amines) is 1. The van der Waals surface area contributed by atoms with Crippen molar-refractivity contribution in [1.82, 2.24) is 20.5 Å². The van der Waals surface area contributed by atoms with Gasteiger partial charge in [-0.1, -0.05) is 12.1 Å². The van der Waals surface area contributed by atoms with Gasteiger partial charge in [0.15, 0.2) is 0 Å². The normalized spacial score (nSPS) is 22.6. The maximum Gasteiger partial charge on any atom is 0.573 e. The van der Waals surface area contributed by atoms with Crippen molar-refractivity contribution in [3.05, 3.63) is 48.2 Å². The smallest absolute Gasteiger partial charge is 0.406 e. The van der Waals surface area contributed by atoms with E-state index in [1.165, 1.54) is 18.2 Å². The fraction of sp³-hybridized carbons (Fsp3) is 0.450. The van der Waals surface area contributed by atoms with Crippen molar-refractivity contribution in [1.29, 1.82) is 0 Å². The molecule has 1 fully saturated rings. The largest absolute Gasteiger partial charge is 0.573 e. The maximum atomic E-state index is 12.5. The Morgan fingerprint density at radius 3 is 2.83 bits per heavy atom. The number of rotatable bonds is 4. The van der Waals surface area contributed by atoms with Crippen molar-refractivity contribution in [3.63, 3.8) is 0 Å². The van der Waals surface area contributed by atoms with E-state index >= 15 is 0 Å². The van der Waals surface area contributed by atoms with E-state index in [9.17, 15) is 13.2 Å². The summed E-state index contributed by atoms with van der Waals surface area (Å²) >= 11 is 0. The van der Waals surface area contributed by atoms with Gasteiger partial charge in [0.2, 0.25) is 0 Å². The number of benzene rings is 1. The standard InChI is InChI=1S/C20H24F3N5O/c1-27-9-7-14(8-10-27)12-24-18-5-6-19-25-13-17(28(19)26-18)15-3-2-4-16(11-15)29-20(21,22)23/h2-6,11,13-14,19,25H,7-10,12H2,1H3,(H,24,26). The molecular formula is C20H24F3N5O. The summed E-state index contributed by atoms with van der Waals surface area (Å²) in [5.74, 6) is 1.11. The average Bonchev–Trinajstić information content (AvgIpc) is 3.10. The maximum absolute atomic E-state index is 12.5. The van der Waals surface area contributed by atoms with E-state index < -0.39 is 6.36 Å². The molecule has 1 unspecified atom stereocenters. The molecule has 0 amide bonds. The molecule has 0 spiro atoms. The number of hydrogen-bond acceptors (Lipinski definition) is 6. The lowest BCUT2D eigenvalue weighted by Gasteiger charge is -2.30. The summed E-state index contributed by atoms with van der Waals surface area (Å²) in [7, 11) is 2.14. The highest BCUT2D eigenvalue weighted by molar-refractivity contribution is 5.94. The minimum atomic E-state index is -4.72. The van der Waals surface area contributed by atoms with Crippen molar-refractivity contribution in [2.75, 3.05) is 26.7 Å². The zero-order valence-electron chi connectivity index (χ0n) is 16.1. The summed E-state index contributed by atoms with van der Waals surface area (Å²) in [5.41, 5.74) is 1.28. The van der Waals surface area contributed by atoms with Crippen molar-refractivity contribution < 1.29 is 17.9 Å². The second kappa shape index (κ2) is 7.98. The lowest BCUT2D eigenvalue weighted by Crippen LogP contribution is -2.40. The van der Waals surface area contributed by atoms with Gasteiger partial charge >= 0.3 is 6.36 Å². The van der Waals surface area contributed by atoms with Gasteiger partial charge in [-0.2, -0.15) is 5.10 Å². The molecule has 1 atom stereocenters. The first-order valence-electron chi connectivity index (χ1n) is 9.68. The van der Waals surface area contributed by atoms with E-state index in [0.717, 1.165) is 38.3 Å². The van der Waals surface area contributed by atoms with E-state index in [2.05, 4.69) is 32.4 Å². The number of amidine groups is 1. The van der Waals surface area contributed by atoms with Gasteiger partial charge in [-0.05, 0) is 63.2 Å². The Balaban J connectivity index is 1.43. The number of halogens is 3. The number of nitrogens with zero attached hydrogens (tertiary/aromatic N) is 3. The lowest BCUT2D eigenvalue weighted by atomic mass is 9.97. The Hall–Kier alpha value is -2.68. The highest BCUT2D eigenvalue weighted by Gasteiger charge is 2.32. The van der Waals surface area contributed by atoms with E-state index in [4.69, 9.17) is 0 Å². The van der Waals surface area contributed by atoms with Gasteiger partial charge < -0.3 is 20.3 Å². The van der Waals surface area contributed by atoms with Crippen LogP contribution in [0.2, 0.25) is 0 Å². The number of ether oxygens (including phenoxy) is 1. The molecular weight excluding hydrogens is 383 g/mol. The summed E-state index contributed by atoms with van der Waals surface area (Å²) in [6, 6.07) is 5.92. The molecule has 3 aliphatic heterocycles. The van der Waals surface area contributed by atoms with Crippen LogP contribution in [0.1, 0.15) is 18.4 Å². The van der Waals surface area contributed by atoms with Gasteiger partial charge in [-0.15, -0.1) is 13.2 Å². The summed E-state index contributed by atoms with van der Waals surface area (Å²) < 4.78 is 41.6. The summed E-state index contributed by atoms with van der Waals surface area (Å²) in [5, 5.41) is 13.0. The van der Waals surface area contributed by atoms with Gasteiger partial charge in [0.05, 0.1) is 5.70 Å². The number of hydrogen-bond donors (Lipinski definition) is 2. The second-order valence-electron chi connectivity index (χ2n) is 7.53. The molecule has 0 radical (unpaired) electrons. The minimum Gasteiger partial charge on any atom is -0.406 e. The highest BCUT2D eigenvalue weighted by Crippen LogP contribution is 2.31. The molecule has 3 aliphatic rings. The van der Waals surface area contributed by atoms with E-state index in [1.54, 1.807) is 17.3 Å². The molecule has 1 aromatic rings. The van der Waals surface area contributed by atoms with Crippen LogP contribution in [0.4, 0.5) is 13.2 Å². The van der Waals surface area contributed by atoms with E-state index in [0.29, 0.717) is 17.2 Å². The molecule has 9 heteroatoms. The molecule has 3 heterocycles. The number of hydrazone groups is 1. The van der Waals surface area contributed by atoms with Crippen LogP contribution < -0.4 is 15.4 Å². The van der Waals surface area contributed by atoms with Crippen molar-refractivity contribution >= 4 is 11.5 Å². The third-order valence-electron chi connectivity index (χ3n) is 5.33. The third kappa shape index (κ3) is 4.84. The van der Waals surface area contributed by atoms with Gasteiger partial charge in [-0.3, -0.25) is 0 Å². The van der Waals surface area contributed by atoms with Crippen molar-refractivity contribution in [2.24, 2.45) is 11.0 Å². The van der Waals surface area contributed by atoms with Gasteiger partial charge in [0, 0.05) is 18.3 Å². The molecule has 2 N–H and O–H groups in total. The van der Waals surface area contributed by atoms with E-state index in [1.807, 2.05) is 12.2 Å². The molecule has 156 valence electrons. The van der Waals surface area contributed by atoms with Crippen molar-refractivity contribution in [2.45, 2.75) is 25.4 Å². The van der Waals surface area contributed by atoms with Crippen molar-refractivity contribution in [3.8, 4) is 5.75 Å². The average molecular weight is 407 g/mol. The Labute approximate surface area is 167 Å². The first kappa shape index (κ1) is 19.6. The number of fused-ring (bicyclic) bond motifs is 1. The number of alkyl halides is 3. The molecule has 0 bridgehead atoms. The molecule has 1 saturated heterocycles. The molecule has 0 saturated carbocycles. The fourth-order valence-corrected chi connectivity index (χ4v) is 3.71. The monoisotopic (exact) mass is 407 g/mol. The zero-order valence-corrected chi connectivity index (χ0v) is 16.1. The quantitative estimate of drug-likeness (QED) is 0.804. The highest BCUT2D eigenvalue weighted by atomic mass is 19.4. The SMILES string of the molecule is CN1CCC(CNC2=NN3C(c4cccc(OC(F)(F)F)c4)=CNC3C=C2)CC1. The topological polar surface area (TPSA) is 52.1 Å². The Bertz CT molecular complexity index is 828. The molecule has 0 aliphatic carbocycles. The van der Waals surface area contributed by atoms with Crippen LogP contribution in [0.3, 0.4) is 0 Å². The molecule has 0 aromatic heterocycles. The first-order chi connectivity index (χ1) is 13.9. The van der Waals surface area contributed by atoms with Crippen LogP contribution in [0, 0.1) is 5.92 Å². The van der Waals surface area contributed by atoms with Crippen LogP contribution in [-0.2, 0) is 0 Å². The predicted octanol–water partition coefficient (Wildman–Crippen LogP) is 2.93. The molecule has 4 rings (SSSR count). The molecule has 29 heavy (non-hydrogen) atoms. The predicted molar refractivity (Wildman–Crippen MR) is 105 cm³/mol. The summed E-state index contributed by atoms with van der Waals surface area (Å²) in [4.78, 5) is 2.34. The van der Waals surface area contributed by atoms with Crippen LogP contribution in [0.5, 0.6) is 5.75 Å². The minimum absolute atomic E-state index is 0.161. The third-order valence-corrected chi connectivity index (χ3v) is 5.33. The Morgan fingerprint density at radius 1 is 1.28 bits per heavy atom. The van der Waals surface area contributed by atoms with Crippen LogP contribution in [0.15, 0.2) is 47.7 Å². The number of piperidine rings is 1. The van der Waals surface area contributed by atoms with Gasteiger partial charge in [0.25, 0.3) is 0 Å². The van der Waals surface area contributed by atoms with Crippen LogP contribution in [0.25, 0.3) is 5.70 Å². The van der Waals surface area contributed by atoms with Crippen LogP contribution >= 0.6 is 0 Å². The summed E-state index contributed by atoms with van der Waals surface area (Å²) in [6.07, 6.45) is 3.10. The Kier molecular flexibility index (Phi) is 5.40. The zero-order chi connectivity index (χ0) is 20.4. The first-order valence-corrected chi connectivity index (χ1v) is 9.68. The van der Waals surface area contributed by atoms with E-state index in [-0.39, 0.29) is 11.9 Å². The molecule has 6 nitrogen and oxygen atoms in total. The Morgan fingerprint density at radius 2 is 2.07 bits per heavy atom. The van der Waals surface area contributed by atoms with Gasteiger partial charge in [0.1, 0.15) is 17.8 Å².